The number of benzene rings is 1. The molecular weight excluding hydrogens is 448 g/mol. The maximum Gasteiger partial charge on any atom is 0.306 e. The number of hydrogen-bond acceptors (Lipinski definition) is 7. The van der Waals surface area contributed by atoms with Gasteiger partial charge in [-0.3, -0.25) is 19.3 Å². The summed E-state index contributed by atoms with van der Waals surface area (Å²) in [6.07, 6.45) is 3.41. The van der Waals surface area contributed by atoms with E-state index in [9.17, 15) is 9.90 Å². The number of aromatic nitrogens is 4. The lowest BCUT2D eigenvalue weighted by atomic mass is 9.99. The van der Waals surface area contributed by atoms with Crippen LogP contribution in [0, 0.1) is 20.8 Å². The van der Waals surface area contributed by atoms with Gasteiger partial charge in [-0.15, -0.1) is 21.5 Å². The lowest BCUT2D eigenvalue weighted by Gasteiger charge is -2.12. The predicted octanol–water partition coefficient (Wildman–Crippen LogP) is 4.63. The van der Waals surface area contributed by atoms with Crippen molar-refractivity contribution in [2.75, 3.05) is 5.32 Å². The summed E-state index contributed by atoms with van der Waals surface area (Å²) in [6, 6.07) is 11.4. The number of aryl methyl sites for hydroxylation is 2. The number of carboxylic acid groups (broad SMARTS) is 1. The number of anilines is 1. The standard InChI is InChI=1S/C25H24N6O2S/c1-14-15(2)34-25-22(14)23(28-20(12-21(32)33)24-30-29-16(3)31(24)25)18-4-6-19(7-5-18)27-13-17-8-10-26-11-9-17/h4-11,20,27H,12-13H2,1-3H3,(H,32,33)/t20-/m0/s1. The normalized spacial score (nSPS) is 14.7. The van der Waals surface area contributed by atoms with Crippen molar-refractivity contribution in [3.63, 3.8) is 0 Å². The molecule has 9 heteroatoms. The smallest absolute Gasteiger partial charge is 0.306 e. The van der Waals surface area contributed by atoms with Gasteiger partial charge in [0.15, 0.2) is 5.82 Å². The number of fused-ring (bicyclic) bond motifs is 3. The Morgan fingerprint density at radius 1 is 1.09 bits per heavy atom. The SMILES string of the molecule is Cc1sc2c(c1C)C(c1ccc(NCc3ccncc3)cc1)=N[C@@H](CC(=O)O)c1nnc(C)n1-2. The third-order valence-electron chi connectivity index (χ3n) is 6.01. The number of carboxylic acids is 1. The van der Waals surface area contributed by atoms with E-state index in [4.69, 9.17) is 4.99 Å². The van der Waals surface area contributed by atoms with E-state index >= 15 is 0 Å². The minimum Gasteiger partial charge on any atom is -0.481 e. The van der Waals surface area contributed by atoms with E-state index in [0.717, 1.165) is 44.5 Å². The molecule has 0 amide bonds. The molecule has 8 nitrogen and oxygen atoms in total. The maximum atomic E-state index is 11.7. The zero-order valence-electron chi connectivity index (χ0n) is 19.1. The second kappa shape index (κ2) is 8.83. The Kier molecular flexibility index (Phi) is 5.70. The summed E-state index contributed by atoms with van der Waals surface area (Å²) in [5, 5.41) is 22.5. The van der Waals surface area contributed by atoms with Gasteiger partial charge >= 0.3 is 5.97 Å². The number of pyridine rings is 1. The minimum atomic E-state index is -0.922. The Bertz CT molecular complexity index is 1390. The molecule has 1 atom stereocenters. The highest BCUT2D eigenvalue weighted by atomic mass is 32.1. The van der Waals surface area contributed by atoms with E-state index in [1.54, 1.807) is 23.7 Å². The van der Waals surface area contributed by atoms with Crippen molar-refractivity contribution in [1.29, 1.82) is 0 Å². The van der Waals surface area contributed by atoms with Crippen molar-refractivity contribution in [1.82, 2.24) is 19.7 Å². The van der Waals surface area contributed by atoms with Gasteiger partial charge < -0.3 is 10.4 Å². The molecular formula is C25H24N6O2S. The molecule has 34 heavy (non-hydrogen) atoms. The van der Waals surface area contributed by atoms with E-state index < -0.39 is 12.0 Å². The Balaban J connectivity index is 1.56. The molecule has 1 aliphatic rings. The van der Waals surface area contributed by atoms with Crippen LogP contribution in [0.25, 0.3) is 5.00 Å². The van der Waals surface area contributed by atoms with Gasteiger partial charge in [0.25, 0.3) is 0 Å². The molecule has 172 valence electrons. The summed E-state index contributed by atoms with van der Waals surface area (Å²) in [5.74, 6) is 0.363. The first-order valence-electron chi connectivity index (χ1n) is 11.0. The second-order valence-corrected chi connectivity index (χ2v) is 9.49. The molecule has 0 bridgehead atoms. The Morgan fingerprint density at radius 3 is 2.53 bits per heavy atom. The second-order valence-electron chi connectivity index (χ2n) is 8.28. The summed E-state index contributed by atoms with van der Waals surface area (Å²) in [6.45, 7) is 6.76. The van der Waals surface area contributed by atoms with Crippen molar-refractivity contribution in [2.24, 2.45) is 4.99 Å². The van der Waals surface area contributed by atoms with Crippen molar-refractivity contribution >= 4 is 28.7 Å². The highest BCUT2D eigenvalue weighted by Gasteiger charge is 2.32. The highest BCUT2D eigenvalue weighted by molar-refractivity contribution is 7.15. The van der Waals surface area contributed by atoms with Crippen molar-refractivity contribution in [3.8, 4) is 5.00 Å². The number of thiophene rings is 1. The molecule has 0 radical (unpaired) electrons. The van der Waals surface area contributed by atoms with Crippen LogP contribution in [0.2, 0.25) is 0 Å². The lowest BCUT2D eigenvalue weighted by molar-refractivity contribution is -0.137. The van der Waals surface area contributed by atoms with E-state index in [1.165, 1.54) is 4.88 Å². The lowest BCUT2D eigenvalue weighted by Crippen LogP contribution is -2.10. The molecule has 0 unspecified atom stereocenters. The number of carbonyl (C=O) groups is 1. The molecule has 0 aliphatic carbocycles. The summed E-state index contributed by atoms with van der Waals surface area (Å²) in [5.41, 5.74) is 6.00. The van der Waals surface area contributed by atoms with Crippen LogP contribution in [-0.4, -0.2) is 36.5 Å². The van der Waals surface area contributed by atoms with E-state index in [1.807, 2.05) is 47.9 Å². The number of hydrogen-bond donors (Lipinski definition) is 2. The van der Waals surface area contributed by atoms with Gasteiger partial charge in [-0.1, -0.05) is 12.1 Å². The number of nitrogens with one attached hydrogen (secondary N) is 1. The number of aliphatic carboxylic acids is 1. The zero-order chi connectivity index (χ0) is 23.8. The third-order valence-corrected chi connectivity index (χ3v) is 7.20. The van der Waals surface area contributed by atoms with Gasteiger partial charge in [0.2, 0.25) is 0 Å². The molecule has 2 N–H and O–H groups in total. The van der Waals surface area contributed by atoms with Crippen molar-refractivity contribution in [2.45, 2.75) is 39.8 Å². The maximum absolute atomic E-state index is 11.7. The van der Waals surface area contributed by atoms with Gasteiger partial charge in [0, 0.05) is 40.6 Å². The molecule has 0 fully saturated rings. The first-order valence-corrected chi connectivity index (χ1v) is 11.8. The van der Waals surface area contributed by atoms with Gasteiger partial charge in [0.05, 0.1) is 12.1 Å². The molecule has 4 heterocycles. The fraction of sp³-hybridized carbons (Fsp3) is 0.240. The quantitative estimate of drug-likeness (QED) is 0.424. The Hall–Kier alpha value is -3.85. The monoisotopic (exact) mass is 472 g/mol. The first-order chi connectivity index (χ1) is 16.4. The molecule has 1 aromatic carbocycles. The molecule has 1 aliphatic heterocycles. The summed E-state index contributed by atoms with van der Waals surface area (Å²) in [4.78, 5) is 21.9. The molecule has 4 aromatic rings. The third kappa shape index (κ3) is 3.99. The van der Waals surface area contributed by atoms with Crippen LogP contribution >= 0.6 is 11.3 Å². The molecule has 3 aromatic heterocycles. The van der Waals surface area contributed by atoms with Crippen LogP contribution in [0.5, 0.6) is 0 Å². The zero-order valence-corrected chi connectivity index (χ0v) is 19.9. The van der Waals surface area contributed by atoms with E-state index in [-0.39, 0.29) is 6.42 Å². The van der Waals surface area contributed by atoms with Crippen LogP contribution in [0.15, 0.2) is 53.8 Å². The van der Waals surface area contributed by atoms with Gasteiger partial charge in [-0.25, -0.2) is 0 Å². The first kappa shape index (κ1) is 22.0. The van der Waals surface area contributed by atoms with Gasteiger partial charge in [-0.05, 0) is 56.2 Å². The highest BCUT2D eigenvalue weighted by Crippen LogP contribution is 2.39. The Morgan fingerprint density at radius 2 is 1.82 bits per heavy atom. The van der Waals surface area contributed by atoms with Crippen molar-refractivity contribution < 1.29 is 9.90 Å². The summed E-state index contributed by atoms with van der Waals surface area (Å²) in [7, 11) is 0. The van der Waals surface area contributed by atoms with Crippen LogP contribution in [0.3, 0.4) is 0 Å². The summed E-state index contributed by atoms with van der Waals surface area (Å²) < 4.78 is 1.97. The van der Waals surface area contributed by atoms with Crippen LogP contribution in [0.4, 0.5) is 5.69 Å². The van der Waals surface area contributed by atoms with Crippen LogP contribution in [0.1, 0.15) is 51.2 Å². The predicted molar refractivity (Wildman–Crippen MR) is 132 cm³/mol. The topological polar surface area (TPSA) is 105 Å². The largest absolute Gasteiger partial charge is 0.481 e. The van der Waals surface area contributed by atoms with Gasteiger partial charge in [0.1, 0.15) is 16.9 Å². The minimum absolute atomic E-state index is 0.153. The number of nitrogens with zero attached hydrogens (tertiary/aromatic N) is 5. The number of aliphatic imine (C=N–C) groups is 1. The average molecular weight is 473 g/mol. The molecule has 0 saturated heterocycles. The van der Waals surface area contributed by atoms with Gasteiger partial charge in [-0.2, -0.15) is 0 Å². The average Bonchev–Trinajstić information content (AvgIpc) is 3.31. The van der Waals surface area contributed by atoms with E-state index in [0.29, 0.717) is 12.4 Å². The molecule has 5 rings (SSSR count). The molecule has 0 saturated carbocycles. The number of rotatable bonds is 6. The summed E-state index contributed by atoms with van der Waals surface area (Å²) >= 11 is 1.66. The van der Waals surface area contributed by atoms with Crippen molar-refractivity contribution in [3.05, 3.63) is 87.6 Å². The Labute approximate surface area is 201 Å². The molecule has 0 spiro atoms. The van der Waals surface area contributed by atoms with Crippen LogP contribution < -0.4 is 5.32 Å². The fourth-order valence-corrected chi connectivity index (χ4v) is 5.35. The van der Waals surface area contributed by atoms with E-state index in [2.05, 4.69) is 34.3 Å². The van der Waals surface area contributed by atoms with Crippen LogP contribution in [-0.2, 0) is 11.3 Å². The fourth-order valence-electron chi connectivity index (χ4n) is 4.14.